The number of hydrogen-bond donors (Lipinski definition) is 2. The van der Waals surface area contributed by atoms with Gasteiger partial charge in [0.2, 0.25) is 0 Å². The van der Waals surface area contributed by atoms with Gasteiger partial charge in [0.05, 0.1) is 6.20 Å². The van der Waals surface area contributed by atoms with Gasteiger partial charge in [-0.15, -0.1) is 0 Å². The van der Waals surface area contributed by atoms with Crippen LogP contribution in [0.15, 0.2) is 42.2 Å². The Morgan fingerprint density at radius 3 is 2.58 bits per heavy atom. The zero-order valence-corrected chi connectivity index (χ0v) is 14.8. The molecule has 0 amide bonds. The van der Waals surface area contributed by atoms with Crippen LogP contribution >= 0.6 is 11.6 Å². The number of nitrogens with zero attached hydrogens (tertiary/aromatic N) is 3. The molecule has 1 saturated heterocycles. The highest BCUT2D eigenvalue weighted by atomic mass is 35.5. The summed E-state index contributed by atoms with van der Waals surface area (Å²) in [5.41, 5.74) is 2.07. The molecular weight excluding hydrogens is 324 g/mol. The van der Waals surface area contributed by atoms with E-state index in [2.05, 4.69) is 5.10 Å². The maximum atomic E-state index is 10.8. The number of amidine groups is 1. The number of nitrogens with one attached hydrogen (secondary N) is 1. The molecule has 5 nitrogen and oxygen atoms in total. The minimum atomic E-state index is -0.316. The SMILES string of the molecule is Cn1cc(CN2CC(C)(C)/C(=C(\O)c3ccc(Cl)cc3)C2=N)cn1. The van der Waals surface area contributed by atoms with E-state index in [9.17, 15) is 5.11 Å². The quantitative estimate of drug-likeness (QED) is 0.831. The molecule has 1 aliphatic rings. The van der Waals surface area contributed by atoms with E-state index < -0.39 is 0 Å². The van der Waals surface area contributed by atoms with Crippen molar-refractivity contribution >= 4 is 23.2 Å². The van der Waals surface area contributed by atoms with E-state index in [1.54, 1.807) is 35.1 Å². The minimum Gasteiger partial charge on any atom is -0.507 e. The summed E-state index contributed by atoms with van der Waals surface area (Å²) in [5.74, 6) is 0.506. The zero-order valence-electron chi connectivity index (χ0n) is 14.0. The number of aliphatic hydroxyl groups excluding tert-OH is 1. The Bertz CT molecular complexity index is 805. The van der Waals surface area contributed by atoms with E-state index in [0.717, 1.165) is 5.56 Å². The van der Waals surface area contributed by atoms with Gasteiger partial charge in [-0.05, 0) is 24.3 Å². The molecule has 1 fully saturated rings. The first kappa shape index (κ1) is 16.6. The van der Waals surface area contributed by atoms with Crippen molar-refractivity contribution in [1.29, 1.82) is 5.41 Å². The molecule has 2 aromatic rings. The van der Waals surface area contributed by atoms with Crippen LogP contribution in [0.4, 0.5) is 0 Å². The van der Waals surface area contributed by atoms with Crippen LogP contribution < -0.4 is 0 Å². The molecular formula is C18H21ClN4O. The summed E-state index contributed by atoms with van der Waals surface area (Å²) in [6, 6.07) is 7.04. The lowest BCUT2D eigenvalue weighted by Gasteiger charge is -2.20. The monoisotopic (exact) mass is 344 g/mol. The van der Waals surface area contributed by atoms with Crippen LogP contribution in [0.2, 0.25) is 5.02 Å². The first-order valence-electron chi connectivity index (χ1n) is 7.79. The van der Waals surface area contributed by atoms with Crippen LogP contribution in [0, 0.1) is 10.8 Å². The standard InChI is InChI=1S/C18H21ClN4O/c1-18(2)11-23(10-12-8-21-22(3)9-12)17(20)15(18)16(24)13-4-6-14(19)7-5-13/h4-9,20,24H,10-11H2,1-3H3/b16-15-,20-17?. The van der Waals surface area contributed by atoms with E-state index >= 15 is 0 Å². The molecule has 0 unspecified atom stereocenters. The predicted octanol–water partition coefficient (Wildman–Crippen LogP) is 3.86. The number of hydrogen-bond acceptors (Lipinski definition) is 3. The molecule has 0 radical (unpaired) electrons. The molecule has 3 rings (SSSR count). The van der Waals surface area contributed by atoms with Gasteiger partial charge >= 0.3 is 0 Å². The Morgan fingerprint density at radius 1 is 1.33 bits per heavy atom. The van der Waals surface area contributed by atoms with Gasteiger partial charge < -0.3 is 10.0 Å². The molecule has 1 aromatic heterocycles. The van der Waals surface area contributed by atoms with Gasteiger partial charge in [-0.3, -0.25) is 10.1 Å². The molecule has 1 aliphatic heterocycles. The highest BCUT2D eigenvalue weighted by Crippen LogP contribution is 2.40. The van der Waals surface area contributed by atoms with Crippen LogP contribution in [-0.2, 0) is 13.6 Å². The van der Waals surface area contributed by atoms with Gasteiger partial charge in [0, 0.05) is 53.5 Å². The van der Waals surface area contributed by atoms with Crippen molar-refractivity contribution in [2.45, 2.75) is 20.4 Å². The fraction of sp³-hybridized carbons (Fsp3) is 0.333. The lowest BCUT2D eigenvalue weighted by atomic mass is 9.85. The Hall–Kier alpha value is -2.27. The smallest absolute Gasteiger partial charge is 0.130 e. The first-order chi connectivity index (χ1) is 11.3. The number of likely N-dealkylation sites (tertiary alicyclic amines) is 1. The van der Waals surface area contributed by atoms with Crippen molar-refractivity contribution in [3.63, 3.8) is 0 Å². The molecule has 2 heterocycles. The van der Waals surface area contributed by atoms with E-state index in [0.29, 0.717) is 35.1 Å². The summed E-state index contributed by atoms with van der Waals surface area (Å²) in [4.78, 5) is 1.97. The van der Waals surface area contributed by atoms with E-state index in [1.165, 1.54) is 0 Å². The van der Waals surface area contributed by atoms with E-state index in [-0.39, 0.29) is 11.2 Å². The number of aliphatic hydroxyl groups is 1. The molecule has 1 aromatic carbocycles. The Kier molecular flexibility index (Phi) is 4.13. The highest BCUT2D eigenvalue weighted by Gasteiger charge is 2.41. The van der Waals surface area contributed by atoms with Gasteiger partial charge in [0.15, 0.2) is 0 Å². The second-order valence-electron chi connectivity index (χ2n) is 6.84. The van der Waals surface area contributed by atoms with Gasteiger partial charge in [-0.1, -0.05) is 25.4 Å². The minimum absolute atomic E-state index is 0.148. The Morgan fingerprint density at radius 2 is 2.00 bits per heavy atom. The fourth-order valence-electron chi connectivity index (χ4n) is 3.21. The summed E-state index contributed by atoms with van der Waals surface area (Å²) < 4.78 is 1.75. The summed E-state index contributed by atoms with van der Waals surface area (Å²) >= 11 is 5.92. The van der Waals surface area contributed by atoms with Gasteiger partial charge in [0.1, 0.15) is 11.6 Å². The Balaban J connectivity index is 1.94. The number of aryl methyl sites for hydroxylation is 1. The molecule has 0 spiro atoms. The average molecular weight is 345 g/mol. The normalized spacial score (nSPS) is 19.0. The third kappa shape index (κ3) is 3.04. The van der Waals surface area contributed by atoms with Crippen molar-refractivity contribution in [3.8, 4) is 0 Å². The predicted molar refractivity (Wildman–Crippen MR) is 96.1 cm³/mol. The fourth-order valence-corrected chi connectivity index (χ4v) is 3.33. The number of rotatable bonds is 3. The van der Waals surface area contributed by atoms with Crippen molar-refractivity contribution < 1.29 is 5.11 Å². The molecule has 2 N–H and O–H groups in total. The zero-order chi connectivity index (χ0) is 17.5. The van der Waals surface area contributed by atoms with E-state index in [1.807, 2.05) is 32.0 Å². The lowest BCUT2D eigenvalue weighted by molar-refractivity contribution is 0.336. The summed E-state index contributed by atoms with van der Waals surface area (Å²) in [7, 11) is 1.88. The van der Waals surface area contributed by atoms with Crippen LogP contribution in [0.1, 0.15) is 25.0 Å². The maximum absolute atomic E-state index is 10.8. The second kappa shape index (κ2) is 5.98. The lowest BCUT2D eigenvalue weighted by Crippen LogP contribution is -2.25. The van der Waals surface area contributed by atoms with Gasteiger partial charge in [0.25, 0.3) is 0 Å². The number of aromatic nitrogens is 2. The van der Waals surface area contributed by atoms with Crippen molar-refractivity contribution in [1.82, 2.24) is 14.7 Å². The maximum Gasteiger partial charge on any atom is 0.130 e. The second-order valence-corrected chi connectivity index (χ2v) is 7.28. The van der Waals surface area contributed by atoms with Gasteiger partial charge in [-0.25, -0.2) is 0 Å². The van der Waals surface area contributed by atoms with Crippen LogP contribution in [0.5, 0.6) is 0 Å². The molecule has 0 bridgehead atoms. The largest absolute Gasteiger partial charge is 0.507 e. The Labute approximate surface area is 146 Å². The van der Waals surface area contributed by atoms with E-state index in [4.69, 9.17) is 17.0 Å². The summed E-state index contributed by atoms with van der Waals surface area (Å²) in [6.45, 7) is 5.37. The summed E-state index contributed by atoms with van der Waals surface area (Å²) in [5, 5.41) is 24.1. The van der Waals surface area contributed by atoms with Gasteiger partial charge in [-0.2, -0.15) is 5.10 Å². The number of benzene rings is 1. The highest BCUT2D eigenvalue weighted by molar-refractivity contribution is 6.30. The summed E-state index contributed by atoms with van der Waals surface area (Å²) in [6.07, 6.45) is 3.75. The molecule has 0 aliphatic carbocycles. The van der Waals surface area contributed by atoms with Crippen LogP contribution in [0.3, 0.4) is 0 Å². The average Bonchev–Trinajstić information content (AvgIpc) is 3.00. The third-order valence-corrected chi connectivity index (χ3v) is 4.55. The third-order valence-electron chi connectivity index (χ3n) is 4.30. The number of halogens is 1. The topological polar surface area (TPSA) is 65.1 Å². The van der Waals surface area contributed by atoms with Crippen molar-refractivity contribution in [3.05, 3.63) is 58.4 Å². The van der Waals surface area contributed by atoms with Crippen molar-refractivity contribution in [2.24, 2.45) is 12.5 Å². The molecule has 0 atom stereocenters. The first-order valence-corrected chi connectivity index (χ1v) is 8.17. The van der Waals surface area contributed by atoms with Crippen LogP contribution in [-0.4, -0.2) is 32.2 Å². The molecule has 126 valence electrons. The molecule has 0 saturated carbocycles. The molecule has 24 heavy (non-hydrogen) atoms. The molecule has 6 heteroatoms. The van der Waals surface area contributed by atoms with Crippen LogP contribution in [0.25, 0.3) is 5.76 Å². The van der Waals surface area contributed by atoms with Crippen molar-refractivity contribution in [2.75, 3.05) is 6.54 Å².